The van der Waals surface area contributed by atoms with E-state index in [4.69, 9.17) is 0 Å². The van der Waals surface area contributed by atoms with Crippen LogP contribution in [0.25, 0.3) is 11.5 Å². The molecule has 0 fully saturated rings. The molecule has 0 bridgehead atoms. The lowest BCUT2D eigenvalue weighted by Crippen LogP contribution is -2.03. The van der Waals surface area contributed by atoms with Gasteiger partial charge in [-0.2, -0.15) is 0 Å². The highest BCUT2D eigenvalue weighted by Crippen LogP contribution is 2.15. The number of methoxy groups -OCH3 is 1. The van der Waals surface area contributed by atoms with Crippen LogP contribution in [-0.4, -0.2) is 33.0 Å². The maximum atomic E-state index is 11.4. The van der Waals surface area contributed by atoms with Crippen LogP contribution in [0.1, 0.15) is 21.9 Å². The molecule has 0 aliphatic carbocycles. The molecule has 0 saturated carbocycles. The smallest absolute Gasteiger partial charge is 0.358 e. The number of hydrogen-bond acceptors (Lipinski definition) is 5. The Morgan fingerprint density at radius 2 is 2.06 bits per heavy atom. The molecule has 0 aliphatic rings. The number of ether oxygens (including phenoxy) is 1. The lowest BCUT2D eigenvalue weighted by molar-refractivity contribution is 0.0594. The average molecular weight is 232 g/mol. The Morgan fingerprint density at radius 3 is 2.65 bits per heavy atom. The first-order chi connectivity index (χ1) is 8.11. The van der Waals surface area contributed by atoms with Gasteiger partial charge in [0.1, 0.15) is 5.69 Å². The van der Waals surface area contributed by atoms with Gasteiger partial charge in [-0.3, -0.25) is 4.98 Å². The van der Waals surface area contributed by atoms with Gasteiger partial charge in [0.05, 0.1) is 19.0 Å². The number of aromatic amines is 1. The van der Waals surface area contributed by atoms with Crippen LogP contribution < -0.4 is 0 Å². The summed E-state index contributed by atoms with van der Waals surface area (Å²) in [6.07, 6.45) is 3.25. The van der Waals surface area contributed by atoms with Crippen LogP contribution in [0.15, 0.2) is 12.4 Å². The fourth-order valence-electron chi connectivity index (χ4n) is 1.39. The topological polar surface area (TPSA) is 80.8 Å². The van der Waals surface area contributed by atoms with Crippen molar-refractivity contribution in [2.75, 3.05) is 7.11 Å². The lowest BCUT2D eigenvalue weighted by atomic mass is 10.3. The Kier molecular flexibility index (Phi) is 2.86. The number of aromatic nitrogens is 4. The van der Waals surface area contributed by atoms with Crippen LogP contribution in [-0.2, 0) is 4.74 Å². The standard InChI is InChI=1S/C11H12N4O2/c1-6-4-13-8(5-12-6)10-14-7(2)9(15-10)11(16)17-3/h4-5H,1-3H3,(H,14,15). The third-order valence-corrected chi connectivity index (χ3v) is 2.29. The molecule has 6 nitrogen and oxygen atoms in total. The molecule has 1 N–H and O–H groups in total. The van der Waals surface area contributed by atoms with E-state index in [9.17, 15) is 4.79 Å². The summed E-state index contributed by atoms with van der Waals surface area (Å²) in [5, 5.41) is 0. The van der Waals surface area contributed by atoms with E-state index in [1.165, 1.54) is 7.11 Å². The van der Waals surface area contributed by atoms with Crippen LogP contribution in [0, 0.1) is 13.8 Å². The lowest BCUT2D eigenvalue weighted by Gasteiger charge is -1.95. The largest absolute Gasteiger partial charge is 0.464 e. The summed E-state index contributed by atoms with van der Waals surface area (Å²) in [4.78, 5) is 26.8. The van der Waals surface area contributed by atoms with E-state index in [2.05, 4.69) is 24.7 Å². The minimum absolute atomic E-state index is 0.268. The van der Waals surface area contributed by atoms with Gasteiger partial charge in [-0.1, -0.05) is 0 Å². The zero-order chi connectivity index (χ0) is 12.4. The van der Waals surface area contributed by atoms with Crippen LogP contribution in [0.3, 0.4) is 0 Å². The van der Waals surface area contributed by atoms with Crippen molar-refractivity contribution in [1.82, 2.24) is 19.9 Å². The molecule has 0 radical (unpaired) electrons. The first kappa shape index (κ1) is 11.3. The molecule has 0 spiro atoms. The van der Waals surface area contributed by atoms with Gasteiger partial charge in [0.2, 0.25) is 0 Å². The zero-order valence-electron chi connectivity index (χ0n) is 9.81. The van der Waals surface area contributed by atoms with E-state index in [1.807, 2.05) is 6.92 Å². The predicted octanol–water partition coefficient (Wildman–Crippen LogP) is 1.27. The van der Waals surface area contributed by atoms with E-state index >= 15 is 0 Å². The van der Waals surface area contributed by atoms with Gasteiger partial charge in [0.25, 0.3) is 0 Å². The number of imidazole rings is 1. The van der Waals surface area contributed by atoms with Crippen molar-refractivity contribution in [2.45, 2.75) is 13.8 Å². The molecule has 2 heterocycles. The fraction of sp³-hybridized carbons (Fsp3) is 0.273. The Labute approximate surface area is 98.1 Å². The average Bonchev–Trinajstić information content (AvgIpc) is 2.71. The van der Waals surface area contributed by atoms with Gasteiger partial charge < -0.3 is 9.72 Å². The minimum atomic E-state index is -0.468. The van der Waals surface area contributed by atoms with Crippen LogP contribution >= 0.6 is 0 Å². The zero-order valence-corrected chi connectivity index (χ0v) is 9.81. The molecule has 0 unspecified atom stereocenters. The summed E-state index contributed by atoms with van der Waals surface area (Å²) in [7, 11) is 1.32. The summed E-state index contributed by atoms with van der Waals surface area (Å²) in [6.45, 7) is 3.61. The summed E-state index contributed by atoms with van der Waals surface area (Å²) in [5.74, 6) is 0.0421. The summed E-state index contributed by atoms with van der Waals surface area (Å²) in [6, 6.07) is 0. The Bertz CT molecular complexity index is 545. The van der Waals surface area contributed by atoms with E-state index in [0.717, 1.165) is 5.69 Å². The van der Waals surface area contributed by atoms with Crippen molar-refractivity contribution in [3.63, 3.8) is 0 Å². The van der Waals surface area contributed by atoms with Crippen LogP contribution in [0.4, 0.5) is 0 Å². The van der Waals surface area contributed by atoms with Crippen molar-refractivity contribution in [3.8, 4) is 11.5 Å². The van der Waals surface area contributed by atoms with Gasteiger partial charge in [0.15, 0.2) is 11.5 Å². The highest BCUT2D eigenvalue weighted by atomic mass is 16.5. The summed E-state index contributed by atoms with van der Waals surface area (Å²) in [5.41, 5.74) is 2.33. The van der Waals surface area contributed by atoms with Crippen molar-refractivity contribution in [2.24, 2.45) is 0 Å². The number of carbonyl (C=O) groups is 1. The molecular formula is C11H12N4O2. The molecule has 6 heteroatoms. The second kappa shape index (κ2) is 4.32. The van der Waals surface area contributed by atoms with Gasteiger partial charge in [-0.25, -0.2) is 14.8 Å². The second-order valence-electron chi connectivity index (χ2n) is 3.59. The molecular weight excluding hydrogens is 220 g/mol. The van der Waals surface area contributed by atoms with Gasteiger partial charge in [-0.05, 0) is 13.8 Å². The van der Waals surface area contributed by atoms with Gasteiger partial charge in [0, 0.05) is 11.9 Å². The SMILES string of the molecule is COC(=O)c1nc(-c2cnc(C)cn2)[nH]c1C. The maximum absolute atomic E-state index is 11.4. The molecule has 0 aromatic carbocycles. The highest BCUT2D eigenvalue weighted by Gasteiger charge is 2.16. The van der Waals surface area contributed by atoms with Crippen molar-refractivity contribution in [3.05, 3.63) is 29.5 Å². The number of nitrogens with zero attached hydrogens (tertiary/aromatic N) is 3. The predicted molar refractivity (Wildman–Crippen MR) is 60.4 cm³/mol. The molecule has 0 saturated heterocycles. The van der Waals surface area contributed by atoms with Crippen molar-refractivity contribution >= 4 is 5.97 Å². The van der Waals surface area contributed by atoms with Gasteiger partial charge >= 0.3 is 5.97 Å². The summed E-state index contributed by atoms with van der Waals surface area (Å²) < 4.78 is 4.63. The molecule has 17 heavy (non-hydrogen) atoms. The first-order valence-corrected chi connectivity index (χ1v) is 5.05. The van der Waals surface area contributed by atoms with Crippen LogP contribution in [0.2, 0.25) is 0 Å². The second-order valence-corrected chi connectivity index (χ2v) is 3.59. The number of aryl methyl sites for hydroxylation is 2. The number of nitrogens with one attached hydrogen (secondary N) is 1. The Balaban J connectivity index is 2.41. The Morgan fingerprint density at radius 1 is 1.29 bits per heavy atom. The molecule has 2 aromatic heterocycles. The Hall–Kier alpha value is -2.24. The number of rotatable bonds is 2. The molecule has 88 valence electrons. The molecule has 0 amide bonds. The third kappa shape index (κ3) is 2.15. The number of hydrogen-bond donors (Lipinski definition) is 1. The fourth-order valence-corrected chi connectivity index (χ4v) is 1.39. The van der Waals surface area contributed by atoms with Crippen LogP contribution in [0.5, 0.6) is 0 Å². The van der Waals surface area contributed by atoms with Crippen molar-refractivity contribution < 1.29 is 9.53 Å². The summed E-state index contributed by atoms with van der Waals surface area (Å²) >= 11 is 0. The normalized spacial score (nSPS) is 10.3. The quantitative estimate of drug-likeness (QED) is 0.788. The van der Waals surface area contributed by atoms with E-state index in [0.29, 0.717) is 17.2 Å². The highest BCUT2D eigenvalue weighted by molar-refractivity contribution is 5.89. The molecule has 0 aliphatic heterocycles. The minimum Gasteiger partial charge on any atom is -0.464 e. The van der Waals surface area contributed by atoms with Gasteiger partial charge in [-0.15, -0.1) is 0 Å². The van der Waals surface area contributed by atoms with E-state index in [-0.39, 0.29) is 5.69 Å². The third-order valence-electron chi connectivity index (χ3n) is 2.29. The number of carbonyl (C=O) groups excluding carboxylic acids is 1. The number of esters is 1. The van der Waals surface area contributed by atoms with Crippen molar-refractivity contribution in [1.29, 1.82) is 0 Å². The monoisotopic (exact) mass is 232 g/mol. The molecule has 2 rings (SSSR count). The maximum Gasteiger partial charge on any atom is 0.358 e. The first-order valence-electron chi connectivity index (χ1n) is 5.05. The molecule has 2 aromatic rings. The molecule has 0 atom stereocenters. The van der Waals surface area contributed by atoms with E-state index in [1.54, 1.807) is 19.3 Å². The van der Waals surface area contributed by atoms with E-state index < -0.39 is 5.97 Å². The number of H-pyrrole nitrogens is 1.